The predicted molar refractivity (Wildman–Crippen MR) is 324 cm³/mol. The lowest BCUT2D eigenvalue weighted by Gasteiger charge is -2.51. The molecule has 5 heterocycles. The van der Waals surface area contributed by atoms with Crippen LogP contribution < -0.4 is 26.2 Å². The lowest BCUT2D eigenvalue weighted by atomic mass is 9.30. The molecule has 4 aliphatic heterocycles. The molecule has 0 saturated heterocycles. The molecule has 3 nitrogen and oxygen atoms in total. The van der Waals surface area contributed by atoms with E-state index >= 15 is 0 Å². The molecule has 0 amide bonds. The van der Waals surface area contributed by atoms with Gasteiger partial charge >= 0.3 is 0 Å². The van der Waals surface area contributed by atoms with Crippen LogP contribution in [0.1, 0.15) is 221 Å². The summed E-state index contributed by atoms with van der Waals surface area (Å²) in [4.78, 5) is 5.81. The number of aromatic nitrogens is 1. The first-order valence-electron chi connectivity index (χ1n) is 29.3. The van der Waals surface area contributed by atoms with Crippen molar-refractivity contribution in [3.8, 4) is 5.69 Å². The van der Waals surface area contributed by atoms with Gasteiger partial charge in [0.2, 0.25) is 6.71 Å². The van der Waals surface area contributed by atoms with E-state index in [0.29, 0.717) is 0 Å². The van der Waals surface area contributed by atoms with Gasteiger partial charge in [0.25, 0.3) is 0 Å². The summed E-state index contributed by atoms with van der Waals surface area (Å²) in [6.07, 6.45) is 9.77. The summed E-state index contributed by atoms with van der Waals surface area (Å²) in [6.45, 7) is 44.4. The van der Waals surface area contributed by atoms with E-state index in [0.717, 1.165) is 6.42 Å². The number of benzene rings is 6. The fourth-order valence-electron chi connectivity index (χ4n) is 16.8. The monoisotopic (exact) mass is 992 g/mol. The summed E-state index contributed by atoms with van der Waals surface area (Å²) in [6, 6.07) is 40.7. The van der Waals surface area contributed by atoms with E-state index in [2.05, 4.69) is 236 Å². The SMILES string of the molecule is CC(C)(C)c1ccc(N2c3c(ccc4c3C(C)(C)c3cc(C(C)(C)C)cc5c3B4c3cc4c(c6c7cc(C(C)(C)C)ccc7n-5c36)N(c3ccc(C(C)(C)C)cc3)C3(C)CCCCC43C)C3(C)CCCCC23C)cc1. The average Bonchev–Trinajstić information content (AvgIpc) is 3.86. The van der Waals surface area contributed by atoms with Crippen LogP contribution in [-0.4, -0.2) is 22.4 Å². The van der Waals surface area contributed by atoms with Crippen LogP contribution in [-0.2, 0) is 37.9 Å². The highest BCUT2D eigenvalue weighted by Crippen LogP contribution is 2.66. The summed E-state index contributed by atoms with van der Waals surface area (Å²) in [5, 5.41) is 2.85. The second-order valence-corrected chi connectivity index (χ2v) is 30.5. The highest BCUT2D eigenvalue weighted by atomic mass is 15.3. The fourth-order valence-corrected chi connectivity index (χ4v) is 16.8. The zero-order valence-corrected chi connectivity index (χ0v) is 49.3. The topological polar surface area (TPSA) is 11.4 Å². The molecular weight excluding hydrogens is 906 g/mol. The van der Waals surface area contributed by atoms with Crippen LogP contribution in [0.4, 0.5) is 22.7 Å². The predicted octanol–water partition coefficient (Wildman–Crippen LogP) is 16.9. The summed E-state index contributed by atoms with van der Waals surface area (Å²) in [5.41, 5.74) is 25.6. The van der Waals surface area contributed by atoms with Crippen molar-refractivity contribution >= 4 is 67.7 Å². The zero-order chi connectivity index (χ0) is 53.3. The van der Waals surface area contributed by atoms with Gasteiger partial charge in [0.15, 0.2) is 0 Å². The third-order valence-electron chi connectivity index (χ3n) is 21.7. The van der Waals surface area contributed by atoms with Crippen LogP contribution in [0.3, 0.4) is 0 Å². The maximum absolute atomic E-state index is 2.91. The van der Waals surface area contributed by atoms with Gasteiger partial charge in [0, 0.05) is 49.8 Å². The molecular formula is C71H86BN3. The molecule has 4 heteroatoms. The maximum atomic E-state index is 2.91. The van der Waals surface area contributed by atoms with Gasteiger partial charge < -0.3 is 14.4 Å². The molecule has 0 radical (unpaired) electrons. The smallest absolute Gasteiger partial charge is 0.247 e. The largest absolute Gasteiger partial charge is 0.334 e. The molecule has 0 N–H and O–H groups in total. The Morgan fingerprint density at radius 1 is 0.440 bits per heavy atom. The fraction of sp³-hybridized carbons (Fsp3) is 0.493. The molecule has 1 aromatic heterocycles. The van der Waals surface area contributed by atoms with Gasteiger partial charge in [-0.1, -0.05) is 197 Å². The van der Waals surface area contributed by atoms with Crippen molar-refractivity contribution in [1.82, 2.24) is 4.57 Å². The van der Waals surface area contributed by atoms with Crippen molar-refractivity contribution in [2.45, 2.75) is 225 Å². The summed E-state index contributed by atoms with van der Waals surface area (Å²) in [5.74, 6) is 0. The summed E-state index contributed by atoms with van der Waals surface area (Å²) >= 11 is 0. The number of nitrogens with zero attached hydrogens (tertiary/aromatic N) is 3. The van der Waals surface area contributed by atoms with E-state index in [1.54, 1.807) is 16.7 Å². The molecule has 6 aliphatic rings. The highest BCUT2D eigenvalue weighted by Gasteiger charge is 2.62. The second kappa shape index (κ2) is 15.1. The molecule has 4 atom stereocenters. The van der Waals surface area contributed by atoms with Crippen LogP contribution in [0.5, 0.6) is 0 Å². The van der Waals surface area contributed by atoms with Crippen molar-refractivity contribution in [3.05, 3.63) is 142 Å². The molecule has 7 aromatic rings. The Kier molecular flexibility index (Phi) is 9.92. The third-order valence-corrected chi connectivity index (χ3v) is 21.7. The van der Waals surface area contributed by atoms with Crippen molar-refractivity contribution in [1.29, 1.82) is 0 Å². The van der Waals surface area contributed by atoms with Gasteiger partial charge in [-0.25, -0.2) is 0 Å². The first kappa shape index (κ1) is 49.4. The Balaban J connectivity index is 1.19. The molecule has 6 aromatic carbocycles. The minimum absolute atomic E-state index is 0.00620. The van der Waals surface area contributed by atoms with E-state index in [9.17, 15) is 0 Å². The maximum Gasteiger partial charge on any atom is 0.247 e. The molecule has 75 heavy (non-hydrogen) atoms. The zero-order valence-electron chi connectivity index (χ0n) is 49.3. The molecule has 388 valence electrons. The second-order valence-electron chi connectivity index (χ2n) is 30.5. The minimum Gasteiger partial charge on any atom is -0.334 e. The molecule has 2 saturated carbocycles. The normalized spacial score (nSPS) is 25.5. The molecule has 0 bridgehead atoms. The van der Waals surface area contributed by atoms with Crippen molar-refractivity contribution in [2.75, 3.05) is 9.80 Å². The van der Waals surface area contributed by atoms with Crippen molar-refractivity contribution < 1.29 is 0 Å². The number of fused-ring (bicyclic) bond motifs is 15. The number of hydrogen-bond acceptors (Lipinski definition) is 2. The van der Waals surface area contributed by atoms with Gasteiger partial charge in [-0.3, -0.25) is 0 Å². The van der Waals surface area contributed by atoms with E-state index in [1.807, 2.05) is 0 Å². The molecule has 13 rings (SSSR count). The van der Waals surface area contributed by atoms with Crippen molar-refractivity contribution in [2.24, 2.45) is 0 Å². The molecule has 4 unspecified atom stereocenters. The lowest BCUT2D eigenvalue weighted by Crippen LogP contribution is -2.64. The quantitative estimate of drug-likeness (QED) is 0.160. The number of rotatable bonds is 2. The summed E-state index contributed by atoms with van der Waals surface area (Å²) in [7, 11) is 0. The Morgan fingerprint density at radius 2 is 0.933 bits per heavy atom. The van der Waals surface area contributed by atoms with Crippen LogP contribution in [0.2, 0.25) is 0 Å². The Bertz CT molecular complexity index is 3580. The third kappa shape index (κ3) is 6.29. The first-order valence-corrected chi connectivity index (χ1v) is 29.3. The first-order chi connectivity index (χ1) is 35.0. The van der Waals surface area contributed by atoms with E-state index in [1.165, 1.54) is 139 Å². The van der Waals surface area contributed by atoms with Crippen LogP contribution >= 0.6 is 0 Å². The van der Waals surface area contributed by atoms with E-state index in [-0.39, 0.29) is 55.7 Å². The van der Waals surface area contributed by atoms with Gasteiger partial charge in [-0.05, 0) is 159 Å². The highest BCUT2D eigenvalue weighted by molar-refractivity contribution is 6.99. The standard InChI is InChI=1S/C71H86BN3/c1-63(2,3)43-23-28-47(29-24-43)74-60-52(69(16)36-20-22-38-71(69,74)18)42-54-62-57(60)49-39-45(65(7,8)9)27-34-55(49)73(62)56-41-46(66(10,11)12)40-51-59(56)72(54)53-33-32-50-61(58(53)67(51,13)14)75(70(17)37-21-19-35-68(50,70)15)48-30-25-44(26-31-48)64(4,5)6/h23-34,39-42H,19-22,35-38H2,1-18H3. The minimum atomic E-state index is -0.300. The Labute approximate surface area is 452 Å². The van der Waals surface area contributed by atoms with Gasteiger partial charge in [-0.15, -0.1) is 0 Å². The van der Waals surface area contributed by atoms with Gasteiger partial charge in [0.05, 0.1) is 27.8 Å². The van der Waals surface area contributed by atoms with Crippen LogP contribution in [0, 0.1) is 0 Å². The lowest BCUT2D eigenvalue weighted by molar-refractivity contribution is 0.195. The Hall–Kier alpha value is -5.22. The molecule has 2 fully saturated rings. The average molecular weight is 992 g/mol. The van der Waals surface area contributed by atoms with Crippen molar-refractivity contribution in [3.63, 3.8) is 0 Å². The van der Waals surface area contributed by atoms with E-state index in [4.69, 9.17) is 0 Å². The van der Waals surface area contributed by atoms with Gasteiger partial charge in [0.1, 0.15) is 0 Å². The molecule has 0 spiro atoms. The Morgan fingerprint density at radius 3 is 1.47 bits per heavy atom. The van der Waals surface area contributed by atoms with E-state index < -0.39 is 0 Å². The number of hydrogen-bond donors (Lipinski definition) is 0. The summed E-state index contributed by atoms with van der Waals surface area (Å²) < 4.78 is 2.79. The number of anilines is 4. The molecule has 2 aliphatic carbocycles. The van der Waals surface area contributed by atoms with Gasteiger partial charge in [-0.2, -0.15) is 0 Å². The van der Waals surface area contributed by atoms with Crippen LogP contribution in [0.25, 0.3) is 27.5 Å². The van der Waals surface area contributed by atoms with Crippen LogP contribution in [0.15, 0.2) is 97.1 Å².